The molecule has 0 saturated heterocycles. The number of nitrogens with zero attached hydrogens (tertiary/aromatic N) is 3. The number of amides is 1. The molecule has 2 N–H and O–H groups in total. The molecule has 7 nitrogen and oxygen atoms in total. The monoisotopic (exact) mass is 348 g/mol. The van der Waals surface area contributed by atoms with Gasteiger partial charge in [0, 0.05) is 11.9 Å². The minimum absolute atomic E-state index is 0.0486. The lowest BCUT2D eigenvalue weighted by Crippen LogP contribution is -2.29. The van der Waals surface area contributed by atoms with E-state index in [0.29, 0.717) is 0 Å². The number of carboxylic acid groups (broad SMARTS) is 1. The molecule has 2 aromatic heterocycles. The molecule has 2 heterocycles. The Morgan fingerprint density at radius 2 is 2.08 bits per heavy atom. The summed E-state index contributed by atoms with van der Waals surface area (Å²) in [6, 6.07) is -0.272. The van der Waals surface area contributed by atoms with E-state index < -0.39 is 11.9 Å². The first kappa shape index (κ1) is 16.6. The lowest BCUT2D eigenvalue weighted by atomic mass is 10.2. The van der Waals surface area contributed by atoms with Crippen molar-refractivity contribution in [2.45, 2.75) is 45.1 Å². The molecule has 1 aliphatic carbocycles. The van der Waals surface area contributed by atoms with Gasteiger partial charge in [0.15, 0.2) is 0 Å². The van der Waals surface area contributed by atoms with Crippen LogP contribution in [0.2, 0.25) is 0 Å². The average Bonchev–Trinajstić information content (AvgIpc) is 3.05. The third-order valence-electron chi connectivity index (χ3n) is 4.21. The second-order valence-corrected chi connectivity index (χ2v) is 7.13. The van der Waals surface area contributed by atoms with Crippen molar-refractivity contribution in [1.82, 2.24) is 20.1 Å². The molecular weight excluding hydrogens is 328 g/mol. The quantitative estimate of drug-likeness (QED) is 0.827. The number of carbonyl (C=O) groups is 2. The summed E-state index contributed by atoms with van der Waals surface area (Å²) in [5, 5.41) is 16.8. The summed E-state index contributed by atoms with van der Waals surface area (Å²) in [7, 11) is 1.55. The van der Waals surface area contributed by atoms with Gasteiger partial charge in [-0.05, 0) is 32.6 Å². The molecule has 1 aliphatic rings. The van der Waals surface area contributed by atoms with Crippen LogP contribution in [0.5, 0.6) is 0 Å². The zero-order valence-electron chi connectivity index (χ0n) is 13.7. The van der Waals surface area contributed by atoms with Gasteiger partial charge in [-0.2, -0.15) is 5.10 Å². The maximum Gasteiger partial charge on any atom is 0.339 e. The highest BCUT2D eigenvalue weighted by Gasteiger charge is 2.24. The number of aryl methyl sites for hydroxylation is 3. The molecule has 8 heteroatoms. The third kappa shape index (κ3) is 3.19. The number of rotatable bonds is 4. The van der Waals surface area contributed by atoms with E-state index in [1.165, 1.54) is 28.6 Å². The molecule has 1 unspecified atom stereocenters. The number of carboxylic acids is 1. The summed E-state index contributed by atoms with van der Waals surface area (Å²) < 4.78 is 1.28. The van der Waals surface area contributed by atoms with Crippen molar-refractivity contribution >= 4 is 23.2 Å². The molecule has 0 fully saturated rings. The van der Waals surface area contributed by atoms with Gasteiger partial charge in [0.25, 0.3) is 5.91 Å². The van der Waals surface area contributed by atoms with E-state index in [2.05, 4.69) is 10.4 Å². The summed E-state index contributed by atoms with van der Waals surface area (Å²) in [5.41, 5.74) is 1.10. The highest BCUT2D eigenvalue weighted by atomic mass is 32.1. The second kappa shape index (κ2) is 6.72. The van der Waals surface area contributed by atoms with Crippen molar-refractivity contribution < 1.29 is 14.7 Å². The first-order valence-electron chi connectivity index (χ1n) is 8.02. The Hall–Kier alpha value is -2.22. The maximum atomic E-state index is 12.5. The largest absolute Gasteiger partial charge is 0.478 e. The first-order valence-corrected chi connectivity index (χ1v) is 8.83. The molecule has 0 aromatic carbocycles. The van der Waals surface area contributed by atoms with Crippen LogP contribution in [0.4, 0.5) is 0 Å². The van der Waals surface area contributed by atoms with Gasteiger partial charge in [0.05, 0.1) is 17.9 Å². The SMILES string of the molecule is CC(NC(=O)c1c(C(=O)O)cnn1C)c1nc2c(s1)CCCCC2. The lowest BCUT2D eigenvalue weighted by Gasteiger charge is -2.12. The van der Waals surface area contributed by atoms with Crippen molar-refractivity contribution in [3.05, 3.63) is 33.0 Å². The van der Waals surface area contributed by atoms with Crippen LogP contribution in [0.25, 0.3) is 0 Å². The zero-order chi connectivity index (χ0) is 17.3. The summed E-state index contributed by atoms with van der Waals surface area (Å²) in [6.07, 6.45) is 6.83. The second-order valence-electron chi connectivity index (χ2n) is 6.01. The minimum atomic E-state index is -1.16. The van der Waals surface area contributed by atoms with Crippen molar-refractivity contribution in [2.24, 2.45) is 7.05 Å². The average molecular weight is 348 g/mol. The Bertz CT molecular complexity index is 757. The van der Waals surface area contributed by atoms with E-state index >= 15 is 0 Å². The van der Waals surface area contributed by atoms with Crippen molar-refractivity contribution in [3.63, 3.8) is 0 Å². The number of hydrogen-bond acceptors (Lipinski definition) is 5. The van der Waals surface area contributed by atoms with Crippen LogP contribution in [0.1, 0.15) is 68.7 Å². The summed E-state index contributed by atoms with van der Waals surface area (Å²) >= 11 is 1.65. The zero-order valence-corrected chi connectivity index (χ0v) is 14.5. The number of carbonyl (C=O) groups excluding carboxylic acids is 1. The topological polar surface area (TPSA) is 97.1 Å². The molecule has 1 amide bonds. The van der Waals surface area contributed by atoms with Gasteiger partial charge in [0.2, 0.25) is 0 Å². The molecule has 0 spiro atoms. The number of thiazole rings is 1. The number of fused-ring (bicyclic) bond motifs is 1. The number of nitrogens with one attached hydrogen (secondary N) is 1. The van der Waals surface area contributed by atoms with Gasteiger partial charge >= 0.3 is 5.97 Å². The van der Waals surface area contributed by atoms with Crippen LogP contribution in [-0.4, -0.2) is 31.7 Å². The predicted molar refractivity (Wildman–Crippen MR) is 89.4 cm³/mol. The van der Waals surface area contributed by atoms with Gasteiger partial charge in [-0.15, -0.1) is 11.3 Å². The Balaban J connectivity index is 1.78. The number of aromatic nitrogens is 3. The van der Waals surface area contributed by atoms with E-state index in [4.69, 9.17) is 4.98 Å². The Morgan fingerprint density at radius 3 is 2.83 bits per heavy atom. The molecular formula is C16H20N4O3S. The predicted octanol–water partition coefficient (Wildman–Crippen LogP) is 2.33. The molecule has 0 aliphatic heterocycles. The van der Waals surface area contributed by atoms with Gasteiger partial charge < -0.3 is 10.4 Å². The van der Waals surface area contributed by atoms with E-state index in [1.54, 1.807) is 18.4 Å². The Kier molecular flexibility index (Phi) is 4.66. The fraction of sp³-hybridized carbons (Fsp3) is 0.500. The van der Waals surface area contributed by atoms with E-state index in [-0.39, 0.29) is 17.3 Å². The van der Waals surface area contributed by atoms with Crippen molar-refractivity contribution in [3.8, 4) is 0 Å². The molecule has 0 radical (unpaired) electrons. The molecule has 1 atom stereocenters. The molecule has 0 saturated carbocycles. The summed E-state index contributed by atoms with van der Waals surface area (Å²) in [5.74, 6) is -1.62. The maximum absolute atomic E-state index is 12.5. The normalized spacial score (nSPS) is 15.4. The number of hydrogen-bond donors (Lipinski definition) is 2. The van der Waals surface area contributed by atoms with E-state index in [9.17, 15) is 14.7 Å². The van der Waals surface area contributed by atoms with Gasteiger partial charge in [-0.25, -0.2) is 9.78 Å². The molecule has 128 valence electrons. The van der Waals surface area contributed by atoms with Crippen LogP contribution in [0.3, 0.4) is 0 Å². The smallest absolute Gasteiger partial charge is 0.339 e. The van der Waals surface area contributed by atoms with Crippen LogP contribution in [0.15, 0.2) is 6.20 Å². The van der Waals surface area contributed by atoms with E-state index in [0.717, 1.165) is 30.0 Å². The molecule has 2 aromatic rings. The number of aromatic carboxylic acids is 1. The van der Waals surface area contributed by atoms with Gasteiger partial charge in [-0.3, -0.25) is 9.48 Å². The van der Waals surface area contributed by atoms with Gasteiger partial charge in [-0.1, -0.05) is 6.42 Å². The minimum Gasteiger partial charge on any atom is -0.478 e. The van der Waals surface area contributed by atoms with Crippen LogP contribution in [-0.2, 0) is 19.9 Å². The molecule has 24 heavy (non-hydrogen) atoms. The summed E-state index contributed by atoms with van der Waals surface area (Å²) in [6.45, 7) is 1.87. The Labute approximate surface area is 143 Å². The highest BCUT2D eigenvalue weighted by Crippen LogP contribution is 2.29. The standard InChI is InChI=1S/C16H20N4O3S/c1-9(15-19-11-6-4-3-5-7-12(11)24-15)18-14(21)13-10(16(22)23)8-17-20(13)2/h8-9H,3-7H2,1-2H3,(H,18,21)(H,22,23). The van der Waals surface area contributed by atoms with Crippen LogP contribution in [0, 0.1) is 0 Å². The highest BCUT2D eigenvalue weighted by molar-refractivity contribution is 7.11. The summed E-state index contributed by atoms with van der Waals surface area (Å²) in [4.78, 5) is 29.7. The Morgan fingerprint density at radius 1 is 1.33 bits per heavy atom. The van der Waals surface area contributed by atoms with E-state index in [1.807, 2.05) is 6.92 Å². The van der Waals surface area contributed by atoms with Crippen molar-refractivity contribution in [1.29, 1.82) is 0 Å². The molecule has 0 bridgehead atoms. The van der Waals surface area contributed by atoms with Crippen LogP contribution < -0.4 is 5.32 Å². The van der Waals surface area contributed by atoms with Crippen molar-refractivity contribution in [2.75, 3.05) is 0 Å². The molecule has 3 rings (SSSR count). The fourth-order valence-corrected chi connectivity index (χ4v) is 4.08. The van der Waals surface area contributed by atoms with Gasteiger partial charge in [0.1, 0.15) is 16.3 Å². The first-order chi connectivity index (χ1) is 11.5. The fourth-order valence-electron chi connectivity index (χ4n) is 2.92. The van der Waals surface area contributed by atoms with Crippen LogP contribution >= 0.6 is 11.3 Å². The third-order valence-corrected chi connectivity index (χ3v) is 5.55. The lowest BCUT2D eigenvalue weighted by molar-refractivity contribution is 0.0690.